The Bertz CT molecular complexity index is 1310. The average Bonchev–Trinajstić information content (AvgIpc) is 3.38. The zero-order chi connectivity index (χ0) is 33.6. The number of aryl methyl sites for hydroxylation is 1. The number of carbonyl (C=O) groups is 4. The SMILES string of the molecule is O=C(CN1CCCN2CCC(CCc3ccccc3)CCCN(CC1)CC(CCC(=O)OC1C(=O)CCC1=O)C2)OCc1ccccc1. The lowest BCUT2D eigenvalue weighted by Gasteiger charge is -2.31. The first-order valence-electron chi connectivity index (χ1n) is 18.1. The van der Waals surface area contributed by atoms with Crippen LogP contribution in [-0.2, 0) is 41.7 Å². The molecule has 0 radical (unpaired) electrons. The van der Waals surface area contributed by atoms with Gasteiger partial charge in [0.25, 0.3) is 0 Å². The number of ether oxygens (including phenoxy) is 2. The van der Waals surface area contributed by atoms with Gasteiger partial charge in [0.15, 0.2) is 11.6 Å². The molecule has 2 aliphatic heterocycles. The topological polar surface area (TPSA) is 96.5 Å². The number of benzene rings is 2. The molecule has 4 unspecified atom stereocenters. The quantitative estimate of drug-likeness (QED) is 0.251. The van der Waals surface area contributed by atoms with Crippen molar-refractivity contribution in [3.63, 3.8) is 0 Å². The van der Waals surface area contributed by atoms with Crippen molar-refractivity contribution in [1.29, 1.82) is 0 Å². The van der Waals surface area contributed by atoms with E-state index < -0.39 is 12.1 Å². The molecule has 1 aliphatic carbocycles. The number of carbonyl (C=O) groups excluding carboxylic acids is 4. The first-order chi connectivity index (χ1) is 23.4. The molecule has 2 heterocycles. The van der Waals surface area contributed by atoms with Gasteiger partial charge in [-0.25, -0.2) is 0 Å². The first-order valence-corrected chi connectivity index (χ1v) is 18.1. The fourth-order valence-electron chi connectivity index (χ4n) is 7.35. The van der Waals surface area contributed by atoms with Gasteiger partial charge in [0.1, 0.15) is 6.61 Å². The van der Waals surface area contributed by atoms with Crippen molar-refractivity contribution in [2.24, 2.45) is 11.8 Å². The van der Waals surface area contributed by atoms with Gasteiger partial charge in [-0.2, -0.15) is 0 Å². The van der Waals surface area contributed by atoms with Crippen molar-refractivity contribution < 1.29 is 28.7 Å². The molecule has 2 aromatic carbocycles. The highest BCUT2D eigenvalue weighted by molar-refractivity contribution is 6.12. The lowest BCUT2D eigenvalue weighted by molar-refractivity contribution is -0.157. The minimum Gasteiger partial charge on any atom is -0.460 e. The maximum atomic E-state index is 12.9. The lowest BCUT2D eigenvalue weighted by atomic mass is 9.92. The predicted molar refractivity (Wildman–Crippen MR) is 184 cm³/mol. The highest BCUT2D eigenvalue weighted by Crippen LogP contribution is 2.24. The summed E-state index contributed by atoms with van der Waals surface area (Å²) in [5, 5.41) is 0. The molecule has 4 atom stereocenters. The van der Waals surface area contributed by atoms with Crippen LogP contribution in [0, 0.1) is 11.8 Å². The first kappa shape index (κ1) is 35.9. The van der Waals surface area contributed by atoms with E-state index in [4.69, 9.17) is 9.47 Å². The van der Waals surface area contributed by atoms with Crippen molar-refractivity contribution in [1.82, 2.24) is 14.7 Å². The Morgan fingerprint density at radius 2 is 1.33 bits per heavy atom. The molecule has 3 fully saturated rings. The monoisotopic (exact) mass is 659 g/mol. The second-order valence-corrected chi connectivity index (χ2v) is 13.9. The van der Waals surface area contributed by atoms with Crippen LogP contribution in [-0.4, -0.2) is 103 Å². The zero-order valence-electron chi connectivity index (χ0n) is 28.4. The minimum atomic E-state index is -1.20. The standard InChI is InChI=1S/C39H53N3O6/c43-35-17-18-36(44)39(35)48-37(45)19-16-34-27-40-22-8-23-42(29-38(46)47-30-33-11-5-2-6-12-33)26-25-41(28-34)21-7-13-32(20-24-40)15-14-31-9-3-1-4-10-31/h1-6,9-12,32,34,39H,7-8,13-30H2. The Kier molecular flexibility index (Phi) is 14.2. The molecule has 0 spiro atoms. The summed E-state index contributed by atoms with van der Waals surface area (Å²) in [5.74, 6) is -0.322. The van der Waals surface area contributed by atoms with Gasteiger partial charge >= 0.3 is 11.9 Å². The summed E-state index contributed by atoms with van der Waals surface area (Å²) >= 11 is 0. The van der Waals surface area contributed by atoms with Gasteiger partial charge in [-0.1, -0.05) is 60.7 Å². The average molecular weight is 660 g/mol. The van der Waals surface area contributed by atoms with E-state index in [1.54, 1.807) is 0 Å². The minimum absolute atomic E-state index is 0.164. The summed E-state index contributed by atoms with van der Waals surface area (Å²) in [6, 6.07) is 20.6. The second-order valence-electron chi connectivity index (χ2n) is 13.9. The van der Waals surface area contributed by atoms with Gasteiger partial charge < -0.3 is 19.3 Å². The zero-order valence-corrected chi connectivity index (χ0v) is 28.4. The van der Waals surface area contributed by atoms with E-state index in [9.17, 15) is 19.2 Å². The Morgan fingerprint density at radius 1 is 0.667 bits per heavy atom. The normalized spacial score (nSPS) is 24.9. The molecule has 2 aromatic rings. The Labute approximate surface area is 285 Å². The number of esters is 2. The van der Waals surface area contributed by atoms with Crippen molar-refractivity contribution >= 4 is 23.5 Å². The molecule has 3 aliphatic rings. The summed E-state index contributed by atoms with van der Waals surface area (Å²) < 4.78 is 11.0. The molecule has 260 valence electrons. The Hall–Kier alpha value is -3.40. The van der Waals surface area contributed by atoms with Gasteiger partial charge in [0.05, 0.1) is 6.54 Å². The van der Waals surface area contributed by atoms with Gasteiger partial charge in [-0.15, -0.1) is 0 Å². The third-order valence-electron chi connectivity index (χ3n) is 10.1. The maximum absolute atomic E-state index is 12.9. The van der Waals surface area contributed by atoms with Crippen LogP contribution in [0.5, 0.6) is 0 Å². The summed E-state index contributed by atoms with van der Waals surface area (Å²) in [7, 11) is 0. The van der Waals surface area contributed by atoms with Crippen LogP contribution < -0.4 is 0 Å². The van der Waals surface area contributed by atoms with Crippen molar-refractivity contribution in [2.45, 2.75) is 76.9 Å². The lowest BCUT2D eigenvalue weighted by Crippen LogP contribution is -2.41. The third kappa shape index (κ3) is 11.9. The number of ketones is 2. The molecule has 0 amide bonds. The molecule has 48 heavy (non-hydrogen) atoms. The van der Waals surface area contributed by atoms with Crippen LogP contribution >= 0.6 is 0 Å². The predicted octanol–water partition coefficient (Wildman–Crippen LogP) is 4.71. The summed E-state index contributed by atoms with van der Waals surface area (Å²) in [5.41, 5.74) is 2.38. The summed E-state index contributed by atoms with van der Waals surface area (Å²) in [6.07, 6.45) is 6.64. The largest absolute Gasteiger partial charge is 0.460 e. The molecule has 5 rings (SSSR count). The Balaban J connectivity index is 1.22. The van der Waals surface area contributed by atoms with Crippen LogP contribution in [0.2, 0.25) is 0 Å². The molecule has 2 bridgehead atoms. The summed E-state index contributed by atoms with van der Waals surface area (Å²) in [6.45, 7) is 7.63. The highest BCUT2D eigenvalue weighted by Gasteiger charge is 2.36. The molecule has 1 saturated carbocycles. The molecule has 9 heteroatoms. The van der Waals surface area contributed by atoms with E-state index in [2.05, 4.69) is 45.0 Å². The second kappa shape index (κ2) is 19.0. The van der Waals surface area contributed by atoms with Gasteiger partial charge in [-0.05, 0) is 87.5 Å². The number of hydrogen-bond acceptors (Lipinski definition) is 9. The van der Waals surface area contributed by atoms with Gasteiger partial charge in [0.2, 0.25) is 6.10 Å². The van der Waals surface area contributed by atoms with E-state index in [0.717, 1.165) is 83.6 Å². The molecular formula is C39H53N3O6. The van der Waals surface area contributed by atoms with E-state index in [1.165, 1.54) is 18.4 Å². The van der Waals surface area contributed by atoms with E-state index in [1.807, 2.05) is 30.3 Å². The van der Waals surface area contributed by atoms with Crippen LogP contribution in [0.1, 0.15) is 68.9 Å². The molecule has 0 N–H and O–H groups in total. The fourth-order valence-corrected chi connectivity index (χ4v) is 7.35. The number of nitrogens with zero attached hydrogens (tertiary/aromatic N) is 3. The van der Waals surface area contributed by atoms with Crippen molar-refractivity contribution in [2.75, 3.05) is 58.9 Å². The van der Waals surface area contributed by atoms with E-state index in [-0.39, 0.29) is 55.9 Å². The van der Waals surface area contributed by atoms with Crippen LogP contribution in [0.3, 0.4) is 0 Å². The smallest absolute Gasteiger partial charge is 0.320 e. The number of hydrogen-bond donors (Lipinski definition) is 0. The van der Waals surface area contributed by atoms with E-state index >= 15 is 0 Å². The Morgan fingerprint density at radius 3 is 2.06 bits per heavy atom. The van der Waals surface area contributed by atoms with Crippen LogP contribution in [0.25, 0.3) is 0 Å². The van der Waals surface area contributed by atoms with Gasteiger partial charge in [-0.3, -0.25) is 24.1 Å². The summed E-state index contributed by atoms with van der Waals surface area (Å²) in [4.78, 5) is 57.1. The van der Waals surface area contributed by atoms with Gasteiger partial charge in [0, 0.05) is 52.0 Å². The number of fused-ring (bicyclic) bond motifs is 4. The fraction of sp³-hybridized carbons (Fsp3) is 0.590. The molecule has 0 aromatic heterocycles. The van der Waals surface area contributed by atoms with Crippen LogP contribution in [0.4, 0.5) is 0 Å². The number of Topliss-reactive ketones (excluding diaryl/α,β-unsaturated/α-hetero) is 2. The maximum Gasteiger partial charge on any atom is 0.320 e. The molecule has 9 nitrogen and oxygen atoms in total. The van der Waals surface area contributed by atoms with Crippen molar-refractivity contribution in [3.8, 4) is 0 Å². The third-order valence-corrected chi connectivity index (χ3v) is 10.1. The van der Waals surface area contributed by atoms with Crippen molar-refractivity contribution in [3.05, 3.63) is 71.8 Å². The highest BCUT2D eigenvalue weighted by atomic mass is 16.6. The number of rotatable bonds is 11. The molecular weight excluding hydrogens is 606 g/mol. The molecule has 2 saturated heterocycles. The van der Waals surface area contributed by atoms with E-state index in [0.29, 0.717) is 12.3 Å². The van der Waals surface area contributed by atoms with Crippen LogP contribution in [0.15, 0.2) is 60.7 Å².